The number of hydrogen-bond donors (Lipinski definition) is 1. The molecule has 0 bridgehead atoms. The first-order valence-corrected chi connectivity index (χ1v) is 7.74. The minimum absolute atomic E-state index is 0.376. The van der Waals surface area contributed by atoms with Gasteiger partial charge < -0.3 is 0 Å². The molecule has 2 fully saturated rings. The van der Waals surface area contributed by atoms with E-state index in [4.69, 9.17) is 16.4 Å². The van der Waals surface area contributed by atoms with E-state index in [1.165, 1.54) is 17.2 Å². The zero-order valence-electron chi connectivity index (χ0n) is 12.3. The molecule has 1 N–H and O–H groups in total. The van der Waals surface area contributed by atoms with Crippen molar-refractivity contribution in [3.8, 4) is 0 Å². The van der Waals surface area contributed by atoms with Crippen LogP contribution in [-0.4, -0.2) is 17.9 Å². The van der Waals surface area contributed by atoms with Crippen LogP contribution in [-0.2, 0) is 14.4 Å². The van der Waals surface area contributed by atoms with E-state index in [-0.39, 0.29) is 5.82 Å². The van der Waals surface area contributed by atoms with Gasteiger partial charge in [-0.15, -0.1) is 0 Å². The summed E-state index contributed by atoms with van der Waals surface area (Å²) in [7, 11) is 0. The smallest absolute Gasteiger partial charge is 0.259 e. The van der Waals surface area contributed by atoms with Crippen LogP contribution in [0, 0.1) is 11.7 Å². The number of imide groups is 1. The van der Waals surface area contributed by atoms with E-state index in [1.807, 2.05) is 0 Å². The van der Waals surface area contributed by atoms with Crippen molar-refractivity contribution in [1.82, 2.24) is 5.32 Å². The molecule has 2 saturated heterocycles. The van der Waals surface area contributed by atoms with Crippen molar-refractivity contribution < 1.29 is 18.8 Å². The quantitative estimate of drug-likeness (QED) is 0.849. The van der Waals surface area contributed by atoms with Gasteiger partial charge in [0.25, 0.3) is 5.91 Å². The summed E-state index contributed by atoms with van der Waals surface area (Å²) in [5.74, 6) is -1.93. The van der Waals surface area contributed by atoms with Crippen molar-refractivity contribution in [1.29, 1.82) is 0 Å². The number of hydroxylamine groups is 1. The Morgan fingerprint density at radius 2 is 1.67 bits per heavy atom. The molecule has 0 radical (unpaired) electrons. The Kier molecular flexibility index (Phi) is 3.51. The highest BCUT2D eigenvalue weighted by atomic mass is 35.5. The van der Waals surface area contributed by atoms with Gasteiger partial charge in [0.2, 0.25) is 5.91 Å². The molecule has 0 aromatic heterocycles. The number of carbonyl (C=O) groups is 2. The third kappa shape index (κ3) is 2.35. The highest BCUT2D eigenvalue weighted by molar-refractivity contribution is 6.30. The number of nitrogens with one attached hydrogen (secondary N) is 1. The fourth-order valence-electron chi connectivity index (χ4n) is 3.14. The Bertz CT molecular complexity index is 810. The third-order valence-corrected chi connectivity index (χ3v) is 4.50. The normalized spacial score (nSPS) is 25.8. The van der Waals surface area contributed by atoms with Gasteiger partial charge in [-0.1, -0.05) is 23.7 Å². The number of anilines is 1. The van der Waals surface area contributed by atoms with Gasteiger partial charge in [0.05, 0.1) is 11.7 Å². The third-order valence-electron chi connectivity index (χ3n) is 4.25. The number of fused-ring (bicyclic) bond motifs is 1. The molecule has 3 atom stereocenters. The maximum atomic E-state index is 13.3. The molecule has 0 saturated carbocycles. The molecule has 2 heterocycles. The standard InChI is InChI=1S/C17H12ClFN2O3/c18-10-3-7-12(8-4-10)21-14(9-1-5-11(19)6-2-9)13-15(24-21)17(23)20-16(13)22/h1-8,13-15H,(H,20,22,23)/t13-,14+,15+/m0/s1. The summed E-state index contributed by atoms with van der Waals surface area (Å²) in [5.41, 5.74) is 1.34. The van der Waals surface area contributed by atoms with Crippen molar-refractivity contribution in [3.63, 3.8) is 0 Å². The SMILES string of the molecule is O=C1NC(=O)[C@@H]2ON(c3ccc(Cl)cc3)[C@H](c3ccc(F)cc3)[C@H]12. The van der Waals surface area contributed by atoms with E-state index >= 15 is 0 Å². The molecule has 4 rings (SSSR count). The van der Waals surface area contributed by atoms with Gasteiger partial charge in [0, 0.05) is 5.02 Å². The van der Waals surface area contributed by atoms with Gasteiger partial charge in [-0.25, -0.2) is 9.45 Å². The second-order valence-electron chi connectivity index (χ2n) is 5.70. The Labute approximate surface area is 141 Å². The minimum atomic E-state index is -0.900. The molecule has 0 unspecified atom stereocenters. The van der Waals surface area contributed by atoms with Gasteiger partial charge in [-0.2, -0.15) is 0 Å². The topological polar surface area (TPSA) is 58.6 Å². The highest BCUT2D eigenvalue weighted by Gasteiger charge is 2.56. The van der Waals surface area contributed by atoms with E-state index in [2.05, 4.69) is 5.32 Å². The number of carbonyl (C=O) groups excluding carboxylic acids is 2. The summed E-state index contributed by atoms with van der Waals surface area (Å²) >= 11 is 5.91. The summed E-state index contributed by atoms with van der Waals surface area (Å²) in [6, 6.07) is 12.1. The van der Waals surface area contributed by atoms with Crippen LogP contribution < -0.4 is 10.4 Å². The predicted molar refractivity (Wildman–Crippen MR) is 84.6 cm³/mol. The largest absolute Gasteiger partial charge is 0.294 e. The van der Waals surface area contributed by atoms with Crippen molar-refractivity contribution in [2.45, 2.75) is 12.1 Å². The monoisotopic (exact) mass is 346 g/mol. The zero-order valence-corrected chi connectivity index (χ0v) is 13.0. The summed E-state index contributed by atoms with van der Waals surface area (Å²) in [6.45, 7) is 0. The molecule has 24 heavy (non-hydrogen) atoms. The second kappa shape index (κ2) is 5.58. The lowest BCUT2D eigenvalue weighted by Gasteiger charge is -2.27. The van der Waals surface area contributed by atoms with Crippen molar-refractivity contribution in [2.75, 3.05) is 5.06 Å². The van der Waals surface area contributed by atoms with Crippen LogP contribution in [0.5, 0.6) is 0 Å². The number of nitrogens with zero attached hydrogens (tertiary/aromatic N) is 1. The second-order valence-corrected chi connectivity index (χ2v) is 6.14. The maximum Gasteiger partial charge on any atom is 0.259 e. The molecule has 2 aromatic rings. The molecular weight excluding hydrogens is 335 g/mol. The first-order valence-electron chi connectivity index (χ1n) is 7.36. The molecule has 2 aromatic carbocycles. The predicted octanol–water partition coefficient (Wildman–Crippen LogP) is 2.61. The number of hydrogen-bond acceptors (Lipinski definition) is 4. The summed E-state index contributed by atoms with van der Waals surface area (Å²) in [6.07, 6.45) is -0.900. The van der Waals surface area contributed by atoms with Crippen LogP contribution in [0.15, 0.2) is 48.5 Å². The van der Waals surface area contributed by atoms with Crippen LogP contribution in [0.25, 0.3) is 0 Å². The van der Waals surface area contributed by atoms with E-state index in [0.717, 1.165) is 0 Å². The molecule has 2 amide bonds. The van der Waals surface area contributed by atoms with E-state index in [9.17, 15) is 14.0 Å². The summed E-state index contributed by atoms with van der Waals surface area (Å²) in [4.78, 5) is 29.9. The summed E-state index contributed by atoms with van der Waals surface area (Å²) in [5, 5.41) is 4.37. The van der Waals surface area contributed by atoms with Crippen LogP contribution in [0.3, 0.4) is 0 Å². The zero-order chi connectivity index (χ0) is 16.8. The first-order chi connectivity index (χ1) is 11.5. The Morgan fingerprint density at radius 1 is 1.00 bits per heavy atom. The molecule has 7 heteroatoms. The van der Waals surface area contributed by atoms with Crippen molar-refractivity contribution in [3.05, 3.63) is 64.9 Å². The molecular formula is C17H12ClFN2O3. The van der Waals surface area contributed by atoms with E-state index in [1.54, 1.807) is 36.4 Å². The van der Waals surface area contributed by atoms with E-state index in [0.29, 0.717) is 16.3 Å². The maximum absolute atomic E-state index is 13.3. The minimum Gasteiger partial charge on any atom is -0.294 e. The fraction of sp³-hybridized carbons (Fsp3) is 0.176. The Balaban J connectivity index is 1.79. The lowest BCUT2D eigenvalue weighted by atomic mass is 9.90. The van der Waals surface area contributed by atoms with Crippen LogP contribution >= 0.6 is 11.6 Å². The highest BCUT2D eigenvalue weighted by Crippen LogP contribution is 2.44. The fourth-order valence-corrected chi connectivity index (χ4v) is 3.27. The Morgan fingerprint density at radius 3 is 2.33 bits per heavy atom. The summed E-state index contributed by atoms with van der Waals surface area (Å²) < 4.78 is 13.3. The molecule has 0 spiro atoms. The molecule has 5 nitrogen and oxygen atoms in total. The number of benzene rings is 2. The average molecular weight is 347 g/mol. The number of amides is 2. The van der Waals surface area contributed by atoms with Crippen LogP contribution in [0.2, 0.25) is 5.02 Å². The van der Waals surface area contributed by atoms with Crippen LogP contribution in [0.4, 0.5) is 10.1 Å². The number of rotatable bonds is 2. The van der Waals surface area contributed by atoms with Crippen molar-refractivity contribution >= 4 is 29.1 Å². The molecule has 2 aliphatic heterocycles. The van der Waals surface area contributed by atoms with E-state index < -0.39 is 29.9 Å². The van der Waals surface area contributed by atoms with Crippen LogP contribution in [0.1, 0.15) is 11.6 Å². The first kappa shape index (κ1) is 15.1. The molecule has 122 valence electrons. The molecule has 0 aliphatic carbocycles. The van der Waals surface area contributed by atoms with Gasteiger partial charge >= 0.3 is 0 Å². The lowest BCUT2D eigenvalue weighted by molar-refractivity contribution is -0.129. The van der Waals surface area contributed by atoms with Crippen molar-refractivity contribution in [2.24, 2.45) is 5.92 Å². The average Bonchev–Trinajstić information content (AvgIpc) is 3.08. The Hall–Kier alpha value is -2.44. The number of halogens is 2. The molecule has 2 aliphatic rings. The van der Waals surface area contributed by atoms with Gasteiger partial charge in [-0.05, 0) is 42.0 Å². The van der Waals surface area contributed by atoms with Gasteiger partial charge in [0.1, 0.15) is 11.7 Å². The van der Waals surface area contributed by atoms with Gasteiger partial charge in [0.15, 0.2) is 6.10 Å². The van der Waals surface area contributed by atoms with Gasteiger partial charge in [-0.3, -0.25) is 19.7 Å². The lowest BCUT2D eigenvalue weighted by Crippen LogP contribution is -2.33.